The molecule has 12 heteroatoms. The lowest BCUT2D eigenvalue weighted by molar-refractivity contribution is -0.159. The summed E-state index contributed by atoms with van der Waals surface area (Å²) in [6, 6.07) is 8.71. The average molecular weight is 340 g/mol. The van der Waals surface area contributed by atoms with Crippen LogP contribution >= 0.6 is 0 Å². The molecule has 2 rings (SSSR count). The number of phenols is 1. The quantitative estimate of drug-likeness (QED) is 0.316. The second-order valence-electron chi connectivity index (χ2n) is 3.36. The molecule has 0 fully saturated rings. The molecule has 12 nitrogen and oxygen atoms in total. The van der Waals surface area contributed by atoms with Gasteiger partial charge in [0, 0.05) is 0 Å². The number of rotatable bonds is 0. The van der Waals surface area contributed by atoms with Crippen LogP contribution in [-0.4, -0.2) is 49.0 Å². The summed E-state index contributed by atoms with van der Waals surface area (Å²) in [5, 5.41) is 23.4. The van der Waals surface area contributed by atoms with Crippen LogP contribution in [0.2, 0.25) is 0 Å². The number of anilines is 3. The molecule has 1 aromatic carbocycles. The van der Waals surface area contributed by atoms with Gasteiger partial charge in [0.05, 0.1) is 0 Å². The Morgan fingerprint density at radius 2 is 1.08 bits per heavy atom. The standard InChI is InChI=1S/C6H6O.C3H6N6.C2H2O4.CH2O/c7-6-4-2-1-3-5-6;4-1-7-2(5)9-3(6)8-1;3-1(4)2(5)6;1-2/h1-5,7H;(H6,4,5,6,7,8,9);(H,3,4)(H,5,6);1H2. The monoisotopic (exact) mass is 340 g/mol. The normalized spacial score (nSPS) is 8.00. The number of carbonyl (C=O) groups excluding carboxylic acids is 1. The van der Waals surface area contributed by atoms with Crippen molar-refractivity contribution in [2.24, 2.45) is 0 Å². The molecular formula is C12H16N6O6. The van der Waals surface area contributed by atoms with Gasteiger partial charge in [0.2, 0.25) is 17.8 Å². The molecule has 0 bridgehead atoms. The fourth-order valence-corrected chi connectivity index (χ4v) is 0.855. The number of aliphatic carboxylic acids is 2. The highest BCUT2D eigenvalue weighted by molar-refractivity contribution is 6.27. The second-order valence-corrected chi connectivity index (χ2v) is 3.36. The maximum atomic E-state index is 9.10. The number of nitrogens with two attached hydrogens (primary N) is 3. The average Bonchev–Trinajstić information content (AvgIpc) is 2.49. The van der Waals surface area contributed by atoms with Gasteiger partial charge in [-0.2, -0.15) is 15.0 Å². The molecule has 0 aliphatic carbocycles. The maximum absolute atomic E-state index is 9.10. The van der Waals surface area contributed by atoms with Crippen molar-refractivity contribution >= 4 is 36.6 Å². The van der Waals surface area contributed by atoms with Gasteiger partial charge in [-0.3, -0.25) is 0 Å². The van der Waals surface area contributed by atoms with Gasteiger partial charge >= 0.3 is 11.9 Å². The van der Waals surface area contributed by atoms with E-state index in [1.54, 1.807) is 24.3 Å². The highest BCUT2D eigenvalue weighted by Crippen LogP contribution is 2.02. The number of carbonyl (C=O) groups is 3. The molecule has 130 valence electrons. The van der Waals surface area contributed by atoms with Crippen LogP contribution < -0.4 is 17.2 Å². The number of nitrogens with zero attached hydrogens (tertiary/aromatic N) is 3. The van der Waals surface area contributed by atoms with Gasteiger partial charge in [-0.15, -0.1) is 0 Å². The summed E-state index contributed by atoms with van der Waals surface area (Å²) in [6.07, 6.45) is 0. The number of carboxylic acid groups (broad SMARTS) is 2. The number of aromatic hydroxyl groups is 1. The summed E-state index contributed by atoms with van der Waals surface area (Å²) in [4.78, 5) is 36.7. The third-order valence-corrected chi connectivity index (χ3v) is 1.63. The molecule has 0 amide bonds. The highest BCUT2D eigenvalue weighted by atomic mass is 16.4. The zero-order chi connectivity index (χ0) is 19.1. The summed E-state index contributed by atoms with van der Waals surface area (Å²) >= 11 is 0. The van der Waals surface area contributed by atoms with E-state index < -0.39 is 11.9 Å². The van der Waals surface area contributed by atoms with Crippen molar-refractivity contribution in [3.63, 3.8) is 0 Å². The predicted molar refractivity (Wildman–Crippen MR) is 83.6 cm³/mol. The zero-order valence-electron chi connectivity index (χ0n) is 12.2. The van der Waals surface area contributed by atoms with Crippen LogP contribution in [0.5, 0.6) is 5.75 Å². The summed E-state index contributed by atoms with van der Waals surface area (Å²) in [5.41, 5.74) is 15.4. The molecule has 0 unspecified atom stereocenters. The number of nitrogen functional groups attached to an aromatic ring is 3. The molecule has 9 N–H and O–H groups in total. The summed E-state index contributed by atoms with van der Waals surface area (Å²) in [7, 11) is 0. The van der Waals surface area contributed by atoms with Gasteiger partial charge in [-0.25, -0.2) is 9.59 Å². The molecule has 0 radical (unpaired) electrons. The molecule has 0 spiro atoms. The molecule has 0 atom stereocenters. The van der Waals surface area contributed by atoms with E-state index in [-0.39, 0.29) is 17.8 Å². The summed E-state index contributed by atoms with van der Waals surface area (Å²) < 4.78 is 0. The Morgan fingerprint density at radius 1 is 0.792 bits per heavy atom. The number of hydrogen-bond donors (Lipinski definition) is 6. The Labute approximate surface area is 135 Å². The van der Waals surface area contributed by atoms with Crippen LogP contribution in [0.15, 0.2) is 30.3 Å². The first-order valence-corrected chi connectivity index (χ1v) is 5.74. The maximum Gasteiger partial charge on any atom is 0.414 e. The van der Waals surface area contributed by atoms with Crippen molar-refractivity contribution in [2.75, 3.05) is 17.2 Å². The summed E-state index contributed by atoms with van der Waals surface area (Å²) in [5.74, 6) is -3.20. The molecule has 0 saturated carbocycles. The van der Waals surface area contributed by atoms with E-state index in [9.17, 15) is 0 Å². The molecular weight excluding hydrogens is 324 g/mol. The molecule has 0 aliphatic heterocycles. The van der Waals surface area contributed by atoms with Gasteiger partial charge in [0.25, 0.3) is 0 Å². The van der Waals surface area contributed by atoms with Crippen LogP contribution in [0, 0.1) is 0 Å². The van der Waals surface area contributed by atoms with E-state index in [0.717, 1.165) is 0 Å². The van der Waals surface area contributed by atoms with E-state index in [4.69, 9.17) is 46.9 Å². The summed E-state index contributed by atoms with van der Waals surface area (Å²) in [6.45, 7) is 2.00. The first-order valence-electron chi connectivity index (χ1n) is 5.74. The predicted octanol–water partition coefficient (Wildman–Crippen LogP) is -1.02. The first-order chi connectivity index (χ1) is 11.2. The van der Waals surface area contributed by atoms with Crippen molar-refractivity contribution in [3.05, 3.63) is 30.3 Å². The fourth-order valence-electron chi connectivity index (χ4n) is 0.855. The highest BCUT2D eigenvalue weighted by Gasteiger charge is 2.04. The van der Waals surface area contributed by atoms with Gasteiger partial charge in [0.15, 0.2) is 0 Å². The largest absolute Gasteiger partial charge is 0.508 e. The Hall–Kier alpha value is -3.96. The minimum atomic E-state index is -1.82. The fraction of sp³-hybridized carbons (Fsp3) is 0. The van der Waals surface area contributed by atoms with E-state index in [2.05, 4.69) is 15.0 Å². The number of carboxylic acids is 2. The van der Waals surface area contributed by atoms with Crippen molar-refractivity contribution in [1.29, 1.82) is 0 Å². The Balaban J connectivity index is 0. The lowest BCUT2D eigenvalue weighted by Crippen LogP contribution is -2.09. The van der Waals surface area contributed by atoms with E-state index >= 15 is 0 Å². The van der Waals surface area contributed by atoms with E-state index in [0.29, 0.717) is 5.75 Å². The molecule has 2 aromatic rings. The van der Waals surface area contributed by atoms with Crippen molar-refractivity contribution in [1.82, 2.24) is 15.0 Å². The SMILES string of the molecule is C=O.Nc1nc(N)nc(N)n1.O=C(O)C(=O)O.Oc1ccccc1. The van der Waals surface area contributed by atoms with Crippen LogP contribution in [0.4, 0.5) is 17.8 Å². The van der Waals surface area contributed by atoms with Gasteiger partial charge in [-0.05, 0) is 12.1 Å². The third-order valence-electron chi connectivity index (χ3n) is 1.63. The van der Waals surface area contributed by atoms with Crippen LogP contribution in [0.1, 0.15) is 0 Å². The second kappa shape index (κ2) is 12.8. The molecule has 0 aliphatic rings. The molecule has 1 aromatic heterocycles. The molecule has 0 saturated heterocycles. The minimum absolute atomic E-state index is 0.0417. The van der Waals surface area contributed by atoms with E-state index in [1.807, 2.05) is 12.9 Å². The van der Waals surface area contributed by atoms with Gasteiger partial charge in [0.1, 0.15) is 12.5 Å². The third kappa shape index (κ3) is 13.0. The number of aromatic nitrogens is 3. The van der Waals surface area contributed by atoms with Crippen LogP contribution in [0.3, 0.4) is 0 Å². The minimum Gasteiger partial charge on any atom is -0.508 e. The lowest BCUT2D eigenvalue weighted by Gasteiger charge is -1.93. The van der Waals surface area contributed by atoms with Crippen LogP contribution in [0.25, 0.3) is 0 Å². The van der Waals surface area contributed by atoms with Gasteiger partial charge < -0.3 is 37.3 Å². The van der Waals surface area contributed by atoms with Crippen LogP contribution in [-0.2, 0) is 14.4 Å². The Bertz CT molecular complexity index is 577. The number of hydrogen-bond acceptors (Lipinski definition) is 10. The number of benzene rings is 1. The first kappa shape index (κ1) is 22.3. The number of para-hydroxylation sites is 1. The smallest absolute Gasteiger partial charge is 0.414 e. The van der Waals surface area contributed by atoms with Gasteiger partial charge in [-0.1, -0.05) is 18.2 Å². The molecule has 1 heterocycles. The molecule has 24 heavy (non-hydrogen) atoms. The lowest BCUT2D eigenvalue weighted by atomic mass is 10.3. The zero-order valence-corrected chi connectivity index (χ0v) is 12.2. The van der Waals surface area contributed by atoms with Crippen molar-refractivity contribution in [3.8, 4) is 5.75 Å². The number of phenolic OH excluding ortho intramolecular Hbond substituents is 1. The van der Waals surface area contributed by atoms with Crippen molar-refractivity contribution in [2.45, 2.75) is 0 Å². The Morgan fingerprint density at radius 3 is 1.25 bits per heavy atom. The van der Waals surface area contributed by atoms with Crippen molar-refractivity contribution < 1.29 is 29.7 Å². The topological polar surface area (TPSA) is 229 Å². The Kier molecular flexibility index (Phi) is 11.9. The van der Waals surface area contributed by atoms with E-state index in [1.165, 1.54) is 0 Å².